The van der Waals surface area contributed by atoms with E-state index in [2.05, 4.69) is 53.2 Å². The zero-order valence-corrected chi connectivity index (χ0v) is 27.6. The Bertz CT molecular complexity index is 1880. The van der Waals surface area contributed by atoms with Crippen LogP contribution in [0.5, 0.6) is 5.75 Å². The summed E-state index contributed by atoms with van der Waals surface area (Å²) in [5.41, 5.74) is 3.62. The summed E-state index contributed by atoms with van der Waals surface area (Å²) in [6, 6.07) is 15.4. The molecule has 2 saturated heterocycles. The summed E-state index contributed by atoms with van der Waals surface area (Å²) in [7, 11) is 1.52. The number of ether oxygens (including phenoxy) is 1. The highest BCUT2D eigenvalue weighted by atomic mass is 35.5. The molecular formula is C35H36ClFN8O4. The molecule has 0 aliphatic carbocycles. The van der Waals surface area contributed by atoms with E-state index in [4.69, 9.17) is 16.3 Å². The van der Waals surface area contributed by atoms with E-state index in [0.717, 1.165) is 38.4 Å². The van der Waals surface area contributed by atoms with Crippen molar-refractivity contribution < 1.29 is 23.5 Å². The minimum Gasteiger partial charge on any atom is -0.494 e. The fourth-order valence-electron chi connectivity index (χ4n) is 5.77. The standard InChI is InChI=1S/C35H36ClFN8O4/c1-49-31-19-29-25(34(39-21-38-29)41-24-8-9-27(37)26(36)17-24)18-30(31)42-32(46)3-2-12-44-13-15-45(16-14-44)20-22-4-6-23(7-5-22)40-28-10-11-33(47)43-35(28)48/h2-9,17-19,21,28,40H,10-16,20H2,1H3,(H,42,46)(H,38,39,41)(H,43,47,48)/b3-2+. The SMILES string of the molecule is COc1cc2ncnc(Nc3ccc(F)c(Cl)c3)c2cc1NC(=O)/C=C/CN1CCN(Cc2ccc(NC3CCC(=O)NC3=O)cc2)CC1. The molecule has 3 aromatic carbocycles. The lowest BCUT2D eigenvalue weighted by atomic mass is 10.1. The topological polar surface area (TPSA) is 141 Å². The lowest BCUT2D eigenvalue weighted by Crippen LogP contribution is -2.47. The minimum atomic E-state index is -0.521. The summed E-state index contributed by atoms with van der Waals surface area (Å²) in [4.78, 5) is 49.6. The van der Waals surface area contributed by atoms with Crippen LogP contribution in [-0.4, -0.2) is 83.4 Å². The van der Waals surface area contributed by atoms with Crippen LogP contribution in [0.3, 0.4) is 0 Å². The number of piperazine rings is 1. The van der Waals surface area contributed by atoms with Gasteiger partial charge in [0.2, 0.25) is 17.7 Å². The van der Waals surface area contributed by atoms with Gasteiger partial charge in [-0.3, -0.25) is 29.5 Å². The van der Waals surface area contributed by atoms with E-state index in [1.807, 2.05) is 18.2 Å². The van der Waals surface area contributed by atoms with Gasteiger partial charge in [-0.1, -0.05) is 29.8 Å². The van der Waals surface area contributed by atoms with Crippen molar-refractivity contribution >= 4 is 63.1 Å². The third kappa shape index (κ3) is 8.68. The fraction of sp³-hybridized carbons (Fsp3) is 0.286. The monoisotopic (exact) mass is 686 g/mol. The van der Waals surface area contributed by atoms with E-state index in [1.165, 1.54) is 37.2 Å². The minimum absolute atomic E-state index is 0.0168. The summed E-state index contributed by atoms with van der Waals surface area (Å²) in [5.74, 6) is -0.432. The molecule has 49 heavy (non-hydrogen) atoms. The number of methoxy groups -OCH3 is 1. The molecule has 1 aromatic heterocycles. The first kappa shape index (κ1) is 33.8. The highest BCUT2D eigenvalue weighted by Crippen LogP contribution is 2.33. The van der Waals surface area contributed by atoms with Gasteiger partial charge in [-0.25, -0.2) is 14.4 Å². The van der Waals surface area contributed by atoms with Crippen molar-refractivity contribution in [1.29, 1.82) is 0 Å². The van der Waals surface area contributed by atoms with E-state index in [9.17, 15) is 18.8 Å². The van der Waals surface area contributed by atoms with Gasteiger partial charge in [0.25, 0.3) is 0 Å². The molecule has 0 saturated carbocycles. The molecule has 6 rings (SSSR count). The Morgan fingerprint density at radius 2 is 1.80 bits per heavy atom. The van der Waals surface area contributed by atoms with E-state index in [1.54, 1.807) is 18.2 Å². The molecule has 12 nitrogen and oxygen atoms in total. The van der Waals surface area contributed by atoms with E-state index in [-0.39, 0.29) is 22.7 Å². The Labute approximate surface area is 287 Å². The number of amides is 3. The number of anilines is 4. The van der Waals surface area contributed by atoms with Crippen molar-refractivity contribution in [3.63, 3.8) is 0 Å². The van der Waals surface area contributed by atoms with Crippen LogP contribution >= 0.6 is 11.6 Å². The first-order valence-corrected chi connectivity index (χ1v) is 16.3. The average Bonchev–Trinajstić information content (AvgIpc) is 3.09. The molecule has 4 N–H and O–H groups in total. The molecule has 14 heteroatoms. The Balaban J connectivity index is 0.985. The summed E-state index contributed by atoms with van der Waals surface area (Å²) in [6.45, 7) is 4.99. The number of nitrogens with zero attached hydrogens (tertiary/aromatic N) is 4. The van der Waals surface area contributed by atoms with Crippen LogP contribution in [0.15, 0.2) is 73.1 Å². The molecule has 3 heterocycles. The zero-order chi connectivity index (χ0) is 34.3. The second-order valence-electron chi connectivity index (χ2n) is 11.9. The van der Waals surface area contributed by atoms with Gasteiger partial charge < -0.3 is 20.7 Å². The molecule has 4 aromatic rings. The lowest BCUT2D eigenvalue weighted by Gasteiger charge is -2.34. The number of rotatable bonds is 11. The van der Waals surface area contributed by atoms with Gasteiger partial charge >= 0.3 is 0 Å². The number of halogens is 2. The molecule has 2 aliphatic heterocycles. The van der Waals surface area contributed by atoms with E-state index in [0.29, 0.717) is 53.2 Å². The highest BCUT2D eigenvalue weighted by molar-refractivity contribution is 6.31. The molecule has 1 unspecified atom stereocenters. The summed E-state index contributed by atoms with van der Waals surface area (Å²) in [5, 5.41) is 12.2. The average molecular weight is 687 g/mol. The van der Waals surface area contributed by atoms with Crippen molar-refractivity contribution in [2.75, 3.05) is 55.8 Å². The lowest BCUT2D eigenvalue weighted by molar-refractivity contribution is -0.133. The highest BCUT2D eigenvalue weighted by Gasteiger charge is 2.26. The normalized spacial score (nSPS) is 17.2. The summed E-state index contributed by atoms with van der Waals surface area (Å²) in [6.07, 6.45) is 5.59. The fourth-order valence-corrected chi connectivity index (χ4v) is 5.95. The quantitative estimate of drug-likeness (QED) is 0.130. The predicted octanol–water partition coefficient (Wildman–Crippen LogP) is 4.70. The van der Waals surface area contributed by atoms with Crippen molar-refractivity contribution in [3.05, 3.63) is 89.5 Å². The van der Waals surface area contributed by atoms with Gasteiger partial charge in [0, 0.05) is 74.6 Å². The number of aromatic nitrogens is 2. The first-order valence-electron chi connectivity index (χ1n) is 15.9. The Morgan fingerprint density at radius 1 is 1.04 bits per heavy atom. The zero-order valence-electron chi connectivity index (χ0n) is 26.8. The van der Waals surface area contributed by atoms with Crippen LogP contribution < -0.4 is 26.0 Å². The number of benzene rings is 3. The number of hydrogen-bond donors (Lipinski definition) is 4. The molecule has 2 aliphatic rings. The van der Waals surface area contributed by atoms with Crippen LogP contribution in [0.4, 0.5) is 27.3 Å². The smallest absolute Gasteiger partial charge is 0.249 e. The molecule has 254 valence electrons. The van der Waals surface area contributed by atoms with Gasteiger partial charge in [-0.2, -0.15) is 0 Å². The maximum atomic E-state index is 13.6. The van der Waals surface area contributed by atoms with Crippen LogP contribution in [0.1, 0.15) is 18.4 Å². The predicted molar refractivity (Wildman–Crippen MR) is 187 cm³/mol. The maximum Gasteiger partial charge on any atom is 0.249 e. The second kappa shape index (κ2) is 15.4. The third-order valence-corrected chi connectivity index (χ3v) is 8.72. The number of imide groups is 1. The van der Waals surface area contributed by atoms with Gasteiger partial charge in [0.05, 0.1) is 23.3 Å². The van der Waals surface area contributed by atoms with E-state index < -0.39 is 11.9 Å². The molecule has 0 bridgehead atoms. The molecule has 3 amide bonds. The number of carbonyl (C=O) groups excluding carboxylic acids is 3. The van der Waals surface area contributed by atoms with Gasteiger partial charge in [-0.05, 0) is 48.4 Å². The molecule has 2 fully saturated rings. The number of piperidine rings is 1. The first-order chi connectivity index (χ1) is 23.7. The van der Waals surface area contributed by atoms with Gasteiger partial charge in [0.1, 0.15) is 29.8 Å². The van der Waals surface area contributed by atoms with Gasteiger partial charge in [-0.15, -0.1) is 0 Å². The Kier molecular flexibility index (Phi) is 10.6. The van der Waals surface area contributed by atoms with Crippen LogP contribution in [0, 0.1) is 5.82 Å². The van der Waals surface area contributed by atoms with Gasteiger partial charge in [0.15, 0.2) is 0 Å². The van der Waals surface area contributed by atoms with Crippen molar-refractivity contribution in [2.45, 2.75) is 25.4 Å². The third-order valence-electron chi connectivity index (χ3n) is 8.43. The maximum absolute atomic E-state index is 13.6. The molecule has 0 radical (unpaired) electrons. The van der Waals surface area contributed by atoms with Crippen molar-refractivity contribution in [3.8, 4) is 5.75 Å². The number of hydrogen-bond acceptors (Lipinski definition) is 10. The van der Waals surface area contributed by atoms with Crippen molar-refractivity contribution in [2.24, 2.45) is 0 Å². The van der Waals surface area contributed by atoms with Crippen molar-refractivity contribution in [1.82, 2.24) is 25.1 Å². The number of carbonyl (C=O) groups is 3. The van der Waals surface area contributed by atoms with Crippen LogP contribution in [0.2, 0.25) is 5.02 Å². The molecular weight excluding hydrogens is 651 g/mol. The Morgan fingerprint density at radius 3 is 2.53 bits per heavy atom. The number of nitrogens with one attached hydrogen (secondary N) is 4. The Hall–Kier alpha value is -5.11. The summed E-state index contributed by atoms with van der Waals surface area (Å²) < 4.78 is 19.2. The largest absolute Gasteiger partial charge is 0.494 e. The number of fused-ring (bicyclic) bond motifs is 1. The van der Waals surface area contributed by atoms with Crippen LogP contribution in [0.25, 0.3) is 10.9 Å². The molecule has 1 atom stereocenters. The second-order valence-corrected chi connectivity index (χ2v) is 12.3. The van der Waals surface area contributed by atoms with Crippen LogP contribution in [-0.2, 0) is 20.9 Å². The summed E-state index contributed by atoms with van der Waals surface area (Å²) >= 11 is 5.94. The van der Waals surface area contributed by atoms with E-state index >= 15 is 0 Å². The molecule has 0 spiro atoms.